The highest BCUT2D eigenvalue weighted by Gasteiger charge is 2.02. The summed E-state index contributed by atoms with van der Waals surface area (Å²) in [6, 6.07) is 17.4. The summed E-state index contributed by atoms with van der Waals surface area (Å²) in [7, 11) is 1.62. The van der Waals surface area contributed by atoms with Gasteiger partial charge in [0.25, 0.3) is 5.91 Å². The Morgan fingerprint density at radius 2 is 1.87 bits per heavy atom. The monoisotopic (exact) mass is 311 g/mol. The van der Waals surface area contributed by atoms with Gasteiger partial charge in [0.2, 0.25) is 0 Å². The van der Waals surface area contributed by atoms with Crippen molar-refractivity contribution in [1.82, 2.24) is 5.43 Å². The molecular weight excluding hydrogens is 290 g/mol. The summed E-state index contributed by atoms with van der Waals surface area (Å²) in [4.78, 5) is 11.7. The number of anilines is 1. The molecule has 5 nitrogen and oxygen atoms in total. The summed E-state index contributed by atoms with van der Waals surface area (Å²) in [6.07, 6.45) is 1.72. The third-order valence-electron chi connectivity index (χ3n) is 3.36. The first-order valence-electron chi connectivity index (χ1n) is 7.44. The first-order valence-corrected chi connectivity index (χ1v) is 7.44. The molecule has 0 heterocycles. The number of rotatable bonds is 7. The Bertz CT molecular complexity index is 639. The number of benzene rings is 2. The van der Waals surface area contributed by atoms with Crippen molar-refractivity contribution in [2.75, 3.05) is 19.0 Å². The molecule has 0 spiro atoms. The summed E-state index contributed by atoms with van der Waals surface area (Å²) >= 11 is 0. The molecule has 0 aliphatic rings. The highest BCUT2D eigenvalue weighted by molar-refractivity contribution is 5.81. The fourth-order valence-corrected chi connectivity index (χ4v) is 1.99. The number of ether oxygens (including phenoxy) is 1. The minimum atomic E-state index is -0.197. The van der Waals surface area contributed by atoms with Crippen molar-refractivity contribution in [3.05, 3.63) is 60.2 Å². The summed E-state index contributed by atoms with van der Waals surface area (Å²) in [5, 5.41) is 7.03. The summed E-state index contributed by atoms with van der Waals surface area (Å²) < 4.78 is 5.08. The number of carbonyl (C=O) groups is 1. The predicted octanol–water partition coefficient (Wildman–Crippen LogP) is 3.01. The van der Waals surface area contributed by atoms with Crippen molar-refractivity contribution >= 4 is 17.8 Å². The van der Waals surface area contributed by atoms with Gasteiger partial charge in [0.15, 0.2) is 0 Å². The number of hydrogen-bond donors (Lipinski definition) is 2. The largest absolute Gasteiger partial charge is 0.497 e. The molecule has 1 amide bonds. The number of hydrazone groups is 1. The van der Waals surface area contributed by atoms with E-state index >= 15 is 0 Å². The number of methoxy groups -OCH3 is 1. The van der Waals surface area contributed by atoms with Crippen LogP contribution in [0.2, 0.25) is 0 Å². The number of nitrogens with zero attached hydrogens (tertiary/aromatic N) is 1. The van der Waals surface area contributed by atoms with Gasteiger partial charge in [-0.2, -0.15) is 5.10 Å². The van der Waals surface area contributed by atoms with E-state index in [2.05, 4.69) is 15.8 Å². The summed E-state index contributed by atoms with van der Waals surface area (Å²) in [5.41, 5.74) is 4.52. The van der Waals surface area contributed by atoms with Gasteiger partial charge in [-0.1, -0.05) is 37.3 Å². The van der Waals surface area contributed by atoms with Crippen LogP contribution in [-0.2, 0) is 4.79 Å². The van der Waals surface area contributed by atoms with Crippen molar-refractivity contribution in [2.24, 2.45) is 5.10 Å². The molecule has 2 aromatic rings. The molecule has 0 aliphatic carbocycles. The standard InChI is InChI=1S/C18H21N3O2/c1-14(15-6-4-3-5-7-15)12-20-21-18(22)13-19-16-8-10-17(23-2)11-9-16/h3-12,14,19H,13H2,1-2H3,(H,21,22)/b20-12-/t14-/m1/s1. The van der Waals surface area contributed by atoms with Crippen LogP contribution in [0.25, 0.3) is 0 Å². The molecule has 2 rings (SSSR count). The maximum absolute atomic E-state index is 11.7. The topological polar surface area (TPSA) is 62.7 Å². The van der Waals surface area contributed by atoms with Gasteiger partial charge < -0.3 is 10.1 Å². The molecule has 2 aromatic carbocycles. The van der Waals surface area contributed by atoms with E-state index in [-0.39, 0.29) is 18.4 Å². The average molecular weight is 311 g/mol. The number of nitrogens with one attached hydrogen (secondary N) is 2. The van der Waals surface area contributed by atoms with Crippen LogP contribution < -0.4 is 15.5 Å². The molecule has 0 radical (unpaired) electrons. The molecular formula is C18H21N3O2. The van der Waals surface area contributed by atoms with E-state index in [1.54, 1.807) is 13.3 Å². The fourth-order valence-electron chi connectivity index (χ4n) is 1.99. The van der Waals surface area contributed by atoms with Gasteiger partial charge >= 0.3 is 0 Å². The zero-order valence-corrected chi connectivity index (χ0v) is 13.3. The highest BCUT2D eigenvalue weighted by Crippen LogP contribution is 2.14. The normalized spacial score (nSPS) is 11.9. The smallest absolute Gasteiger partial charge is 0.259 e. The summed E-state index contributed by atoms with van der Waals surface area (Å²) in [5.74, 6) is 0.725. The number of hydrogen-bond acceptors (Lipinski definition) is 4. The molecule has 23 heavy (non-hydrogen) atoms. The van der Waals surface area contributed by atoms with Gasteiger partial charge in [-0.25, -0.2) is 5.43 Å². The Kier molecular flexibility index (Phi) is 6.17. The van der Waals surface area contributed by atoms with Crippen LogP contribution in [-0.4, -0.2) is 25.8 Å². The molecule has 0 saturated carbocycles. The highest BCUT2D eigenvalue weighted by atomic mass is 16.5. The lowest BCUT2D eigenvalue weighted by atomic mass is 10.0. The van der Waals surface area contributed by atoms with Gasteiger partial charge in [-0.3, -0.25) is 4.79 Å². The zero-order chi connectivity index (χ0) is 16.5. The minimum absolute atomic E-state index is 0.144. The molecule has 0 aliphatic heterocycles. The fraction of sp³-hybridized carbons (Fsp3) is 0.222. The minimum Gasteiger partial charge on any atom is -0.497 e. The van der Waals surface area contributed by atoms with Crippen LogP contribution >= 0.6 is 0 Å². The second kappa shape index (κ2) is 8.58. The van der Waals surface area contributed by atoms with Crippen LogP contribution in [0.1, 0.15) is 18.4 Å². The Hall–Kier alpha value is -2.82. The van der Waals surface area contributed by atoms with E-state index in [0.717, 1.165) is 17.0 Å². The summed E-state index contributed by atoms with van der Waals surface area (Å²) in [6.45, 7) is 2.18. The maximum Gasteiger partial charge on any atom is 0.259 e. The maximum atomic E-state index is 11.7. The van der Waals surface area contributed by atoms with Crippen molar-refractivity contribution in [2.45, 2.75) is 12.8 Å². The quantitative estimate of drug-likeness (QED) is 0.610. The van der Waals surface area contributed by atoms with E-state index in [1.807, 2.05) is 61.5 Å². The lowest BCUT2D eigenvalue weighted by molar-refractivity contribution is -0.119. The molecule has 120 valence electrons. The predicted molar refractivity (Wildman–Crippen MR) is 93.0 cm³/mol. The zero-order valence-electron chi connectivity index (χ0n) is 13.3. The lowest BCUT2D eigenvalue weighted by Crippen LogP contribution is -2.26. The molecule has 5 heteroatoms. The first-order chi connectivity index (χ1) is 11.2. The second-order valence-electron chi connectivity index (χ2n) is 5.09. The Morgan fingerprint density at radius 3 is 2.52 bits per heavy atom. The van der Waals surface area contributed by atoms with Crippen molar-refractivity contribution in [1.29, 1.82) is 0 Å². The first kappa shape index (κ1) is 16.5. The van der Waals surface area contributed by atoms with Crippen LogP contribution in [0.15, 0.2) is 59.7 Å². The Morgan fingerprint density at radius 1 is 1.17 bits per heavy atom. The average Bonchev–Trinajstić information content (AvgIpc) is 2.61. The second-order valence-corrected chi connectivity index (χ2v) is 5.09. The van der Waals surface area contributed by atoms with Crippen molar-refractivity contribution in [3.8, 4) is 5.75 Å². The Labute approximate surface area is 136 Å². The van der Waals surface area contributed by atoms with Crippen molar-refractivity contribution in [3.63, 3.8) is 0 Å². The van der Waals surface area contributed by atoms with E-state index in [4.69, 9.17) is 4.74 Å². The molecule has 0 bridgehead atoms. The molecule has 0 aromatic heterocycles. The van der Waals surface area contributed by atoms with E-state index < -0.39 is 0 Å². The molecule has 0 unspecified atom stereocenters. The van der Waals surface area contributed by atoms with Crippen LogP contribution in [0.5, 0.6) is 5.75 Å². The number of amides is 1. The molecule has 0 fully saturated rings. The third kappa shape index (κ3) is 5.47. The van der Waals surface area contributed by atoms with E-state index in [9.17, 15) is 4.79 Å². The number of carbonyl (C=O) groups excluding carboxylic acids is 1. The molecule has 1 atom stereocenters. The van der Waals surface area contributed by atoms with Crippen LogP contribution in [0.3, 0.4) is 0 Å². The van der Waals surface area contributed by atoms with E-state index in [1.165, 1.54) is 0 Å². The lowest BCUT2D eigenvalue weighted by Gasteiger charge is -2.07. The van der Waals surface area contributed by atoms with Gasteiger partial charge in [0.05, 0.1) is 13.7 Å². The van der Waals surface area contributed by atoms with E-state index in [0.29, 0.717) is 0 Å². The van der Waals surface area contributed by atoms with Gasteiger partial charge in [0.1, 0.15) is 5.75 Å². The van der Waals surface area contributed by atoms with Gasteiger partial charge in [-0.15, -0.1) is 0 Å². The van der Waals surface area contributed by atoms with Gasteiger partial charge in [-0.05, 0) is 29.8 Å². The Balaban J connectivity index is 1.75. The van der Waals surface area contributed by atoms with Crippen LogP contribution in [0.4, 0.5) is 5.69 Å². The van der Waals surface area contributed by atoms with Crippen molar-refractivity contribution < 1.29 is 9.53 Å². The molecule has 2 N–H and O–H groups in total. The SMILES string of the molecule is COc1ccc(NCC(=O)N/N=C\[C@@H](C)c2ccccc2)cc1. The van der Waals surface area contributed by atoms with Gasteiger partial charge in [0, 0.05) is 17.8 Å². The third-order valence-corrected chi connectivity index (χ3v) is 3.36. The van der Waals surface area contributed by atoms with Crippen LogP contribution in [0, 0.1) is 0 Å². The molecule has 0 saturated heterocycles.